The molecule has 2 rings (SSSR count). The standard InChI is InChI=1S/C11H10ClNO3/c1-13-5-4-8-6-9(2-3-10(8)13)15-16-11(14)7-12/h2-6H,7H2,1H3. The Labute approximate surface area is 97.2 Å². The number of rotatable bonds is 3. The van der Waals surface area contributed by atoms with Gasteiger partial charge < -0.3 is 4.57 Å². The van der Waals surface area contributed by atoms with Crippen LogP contribution in [0.15, 0.2) is 30.5 Å². The summed E-state index contributed by atoms with van der Waals surface area (Å²) in [6, 6.07) is 7.35. The highest BCUT2D eigenvalue weighted by molar-refractivity contribution is 6.26. The molecular weight excluding hydrogens is 230 g/mol. The molecule has 0 aliphatic carbocycles. The van der Waals surface area contributed by atoms with E-state index < -0.39 is 5.97 Å². The lowest BCUT2D eigenvalue weighted by atomic mass is 10.2. The van der Waals surface area contributed by atoms with Crippen LogP contribution in [0, 0.1) is 0 Å². The maximum atomic E-state index is 10.8. The van der Waals surface area contributed by atoms with Crippen molar-refractivity contribution in [2.75, 3.05) is 5.88 Å². The van der Waals surface area contributed by atoms with Crippen molar-refractivity contribution < 1.29 is 14.6 Å². The van der Waals surface area contributed by atoms with Gasteiger partial charge in [0.1, 0.15) is 5.88 Å². The van der Waals surface area contributed by atoms with Gasteiger partial charge in [-0.15, -0.1) is 11.6 Å². The van der Waals surface area contributed by atoms with E-state index in [0.29, 0.717) is 5.75 Å². The Balaban J connectivity index is 2.17. The van der Waals surface area contributed by atoms with E-state index in [9.17, 15) is 4.79 Å². The zero-order valence-electron chi connectivity index (χ0n) is 8.64. The molecule has 0 N–H and O–H groups in total. The zero-order valence-corrected chi connectivity index (χ0v) is 9.40. The third kappa shape index (κ3) is 2.12. The number of aromatic nitrogens is 1. The maximum Gasteiger partial charge on any atom is 0.370 e. The van der Waals surface area contributed by atoms with E-state index >= 15 is 0 Å². The highest BCUT2D eigenvalue weighted by Gasteiger charge is 2.04. The predicted octanol–water partition coefficient (Wildman–Crippen LogP) is 2.25. The first-order valence-corrected chi connectivity index (χ1v) is 5.22. The molecule has 5 heteroatoms. The number of nitrogens with zero attached hydrogens (tertiary/aromatic N) is 1. The molecular formula is C11H10ClNO3. The van der Waals surface area contributed by atoms with Gasteiger partial charge in [0.2, 0.25) is 0 Å². The second kappa shape index (κ2) is 4.45. The van der Waals surface area contributed by atoms with Gasteiger partial charge in [0, 0.05) is 24.1 Å². The first-order valence-electron chi connectivity index (χ1n) is 4.69. The maximum absolute atomic E-state index is 10.8. The number of fused-ring (bicyclic) bond motifs is 1. The second-order valence-corrected chi connectivity index (χ2v) is 3.59. The summed E-state index contributed by atoms with van der Waals surface area (Å²) in [5.41, 5.74) is 1.08. The largest absolute Gasteiger partial charge is 0.370 e. The van der Waals surface area contributed by atoms with Crippen LogP contribution < -0.4 is 4.89 Å². The van der Waals surface area contributed by atoms with E-state index in [1.54, 1.807) is 12.1 Å². The average Bonchev–Trinajstić information content (AvgIpc) is 2.67. The SMILES string of the molecule is Cn1ccc2cc(OOC(=O)CCl)ccc21. The summed E-state index contributed by atoms with van der Waals surface area (Å²) >= 11 is 5.26. The van der Waals surface area contributed by atoms with Crippen molar-refractivity contribution >= 4 is 28.5 Å². The summed E-state index contributed by atoms with van der Waals surface area (Å²) in [6.45, 7) is 0. The molecule has 0 aliphatic rings. The number of hydrogen-bond donors (Lipinski definition) is 0. The summed E-state index contributed by atoms with van der Waals surface area (Å²) < 4.78 is 1.99. The molecule has 4 nitrogen and oxygen atoms in total. The van der Waals surface area contributed by atoms with Crippen LogP contribution in [0.5, 0.6) is 5.75 Å². The van der Waals surface area contributed by atoms with Crippen LogP contribution in [0.2, 0.25) is 0 Å². The summed E-state index contributed by atoms with van der Waals surface area (Å²) in [5.74, 6) is -0.375. The van der Waals surface area contributed by atoms with E-state index in [1.807, 2.05) is 29.9 Å². The van der Waals surface area contributed by atoms with Gasteiger partial charge >= 0.3 is 5.97 Å². The Morgan fingerprint density at radius 1 is 1.44 bits per heavy atom. The molecule has 0 saturated carbocycles. The Hall–Kier alpha value is -1.68. The lowest BCUT2D eigenvalue weighted by Crippen LogP contribution is -2.08. The Bertz CT molecular complexity index is 521. The molecule has 0 aliphatic heterocycles. The second-order valence-electron chi connectivity index (χ2n) is 3.32. The van der Waals surface area contributed by atoms with E-state index in [2.05, 4.69) is 4.89 Å². The zero-order chi connectivity index (χ0) is 11.5. The molecule has 1 aromatic carbocycles. The van der Waals surface area contributed by atoms with Crippen molar-refractivity contribution in [1.82, 2.24) is 4.57 Å². The van der Waals surface area contributed by atoms with Gasteiger partial charge in [0.15, 0.2) is 5.75 Å². The fourth-order valence-corrected chi connectivity index (χ4v) is 1.47. The number of carbonyl (C=O) groups excluding carboxylic acids is 1. The average molecular weight is 240 g/mol. The van der Waals surface area contributed by atoms with Crippen LogP contribution in [0.4, 0.5) is 0 Å². The molecule has 0 spiro atoms. The topological polar surface area (TPSA) is 40.5 Å². The highest BCUT2D eigenvalue weighted by Crippen LogP contribution is 2.21. The van der Waals surface area contributed by atoms with Gasteiger partial charge in [-0.05, 0) is 24.3 Å². The van der Waals surface area contributed by atoms with E-state index in [-0.39, 0.29) is 5.88 Å². The van der Waals surface area contributed by atoms with Crippen LogP contribution in [-0.4, -0.2) is 16.4 Å². The summed E-state index contributed by atoms with van der Waals surface area (Å²) in [5, 5.41) is 1.02. The number of halogens is 1. The van der Waals surface area contributed by atoms with Crippen LogP contribution in [0.1, 0.15) is 0 Å². The van der Waals surface area contributed by atoms with Gasteiger partial charge in [-0.25, -0.2) is 9.68 Å². The molecule has 16 heavy (non-hydrogen) atoms. The van der Waals surface area contributed by atoms with Gasteiger partial charge in [-0.2, -0.15) is 0 Å². The van der Waals surface area contributed by atoms with Crippen molar-refractivity contribution in [2.45, 2.75) is 0 Å². The minimum absolute atomic E-state index is 0.229. The smallest absolute Gasteiger partial charge is 0.351 e. The molecule has 84 valence electrons. The summed E-state index contributed by atoms with van der Waals surface area (Å²) in [4.78, 5) is 20.1. The molecule has 0 unspecified atom stereocenters. The summed E-state index contributed by atoms with van der Waals surface area (Å²) in [7, 11) is 1.95. The number of hydrogen-bond acceptors (Lipinski definition) is 3. The van der Waals surface area contributed by atoms with Crippen molar-refractivity contribution in [3.05, 3.63) is 30.5 Å². The van der Waals surface area contributed by atoms with E-state index in [0.717, 1.165) is 10.9 Å². The quantitative estimate of drug-likeness (QED) is 0.469. The molecule has 0 bridgehead atoms. The predicted molar refractivity (Wildman–Crippen MR) is 60.4 cm³/mol. The molecule has 1 heterocycles. The first-order chi connectivity index (χ1) is 7.70. The van der Waals surface area contributed by atoms with Gasteiger partial charge in [-0.3, -0.25) is 4.89 Å². The Morgan fingerprint density at radius 2 is 2.25 bits per heavy atom. The minimum Gasteiger partial charge on any atom is -0.351 e. The van der Waals surface area contributed by atoms with Crippen molar-refractivity contribution in [3.63, 3.8) is 0 Å². The molecule has 0 amide bonds. The van der Waals surface area contributed by atoms with Crippen LogP contribution in [-0.2, 0) is 16.7 Å². The van der Waals surface area contributed by atoms with Gasteiger partial charge in [0.05, 0.1) is 0 Å². The van der Waals surface area contributed by atoms with E-state index in [1.165, 1.54) is 0 Å². The normalized spacial score (nSPS) is 10.4. The van der Waals surface area contributed by atoms with E-state index in [4.69, 9.17) is 16.5 Å². The fraction of sp³-hybridized carbons (Fsp3) is 0.182. The number of benzene rings is 1. The third-order valence-electron chi connectivity index (χ3n) is 2.20. The highest BCUT2D eigenvalue weighted by atomic mass is 35.5. The van der Waals surface area contributed by atoms with Crippen LogP contribution in [0.3, 0.4) is 0 Å². The molecule has 2 aromatic rings. The Kier molecular flexibility index (Phi) is 3.01. The Morgan fingerprint density at radius 3 is 3.00 bits per heavy atom. The fourth-order valence-electron chi connectivity index (χ4n) is 1.43. The van der Waals surface area contributed by atoms with Gasteiger partial charge in [0.25, 0.3) is 0 Å². The molecule has 0 radical (unpaired) electrons. The molecule has 0 saturated heterocycles. The van der Waals surface area contributed by atoms with Crippen molar-refractivity contribution in [2.24, 2.45) is 7.05 Å². The third-order valence-corrected chi connectivity index (χ3v) is 2.41. The molecule has 0 atom stereocenters. The van der Waals surface area contributed by atoms with Crippen LogP contribution in [0.25, 0.3) is 10.9 Å². The number of carbonyl (C=O) groups is 1. The minimum atomic E-state index is -0.616. The molecule has 0 fully saturated rings. The van der Waals surface area contributed by atoms with Gasteiger partial charge in [-0.1, -0.05) is 0 Å². The number of alkyl halides is 1. The lowest BCUT2D eigenvalue weighted by molar-refractivity contribution is -0.210. The molecule has 1 aromatic heterocycles. The van der Waals surface area contributed by atoms with Crippen molar-refractivity contribution in [3.8, 4) is 5.75 Å². The monoisotopic (exact) mass is 239 g/mol. The van der Waals surface area contributed by atoms with Crippen molar-refractivity contribution in [1.29, 1.82) is 0 Å². The lowest BCUT2D eigenvalue weighted by Gasteiger charge is -2.03. The first kappa shape index (κ1) is 10.8. The number of aryl methyl sites for hydroxylation is 1. The van der Waals surface area contributed by atoms with Crippen LogP contribution >= 0.6 is 11.6 Å². The summed E-state index contributed by atoms with van der Waals surface area (Å²) in [6.07, 6.45) is 1.94.